The van der Waals surface area contributed by atoms with Crippen LogP contribution in [0.4, 0.5) is 5.69 Å². The molecule has 0 radical (unpaired) electrons. The zero-order valence-corrected chi connectivity index (χ0v) is 14.2. The third-order valence-corrected chi connectivity index (χ3v) is 4.51. The van der Waals surface area contributed by atoms with Crippen LogP contribution in [0.1, 0.15) is 11.1 Å². The van der Waals surface area contributed by atoms with Gasteiger partial charge >= 0.3 is 0 Å². The van der Waals surface area contributed by atoms with Crippen molar-refractivity contribution in [3.8, 4) is 0 Å². The lowest BCUT2D eigenvalue weighted by Crippen LogP contribution is -2.34. The number of nitrogens with two attached hydrogens (primary N) is 1. The topological polar surface area (TPSA) is 71.1 Å². The van der Waals surface area contributed by atoms with Crippen molar-refractivity contribution < 1.29 is 4.79 Å². The molecule has 0 bridgehead atoms. The second-order valence-electron chi connectivity index (χ2n) is 5.40. The average molecular weight is 338 g/mol. The van der Waals surface area contributed by atoms with Crippen molar-refractivity contribution in [2.24, 2.45) is 15.7 Å². The molecule has 122 valence electrons. The van der Waals surface area contributed by atoms with Gasteiger partial charge in [0, 0.05) is 11.3 Å². The van der Waals surface area contributed by atoms with E-state index in [9.17, 15) is 4.79 Å². The minimum absolute atomic E-state index is 0.184. The molecule has 24 heavy (non-hydrogen) atoms. The van der Waals surface area contributed by atoms with E-state index >= 15 is 0 Å². The molecular weight excluding hydrogens is 320 g/mol. The number of rotatable bonds is 4. The number of thioether (sulfide) groups is 1. The number of hydrogen-bond donors (Lipinski definition) is 1. The van der Waals surface area contributed by atoms with E-state index in [0.717, 1.165) is 16.4 Å². The predicted octanol–water partition coefficient (Wildman–Crippen LogP) is 2.79. The Kier molecular flexibility index (Phi) is 4.96. The van der Waals surface area contributed by atoms with Crippen LogP contribution in [0.5, 0.6) is 0 Å². The lowest BCUT2D eigenvalue weighted by atomic mass is 10.2. The third-order valence-electron chi connectivity index (χ3n) is 3.52. The van der Waals surface area contributed by atoms with Crippen LogP contribution in [0, 0.1) is 6.92 Å². The Morgan fingerprint density at radius 2 is 1.88 bits per heavy atom. The largest absolute Gasteiger partial charge is 0.369 e. The summed E-state index contributed by atoms with van der Waals surface area (Å²) in [6.45, 7) is 2.50. The first kappa shape index (κ1) is 16.3. The smallest absolute Gasteiger partial charge is 0.227 e. The molecule has 0 spiro atoms. The molecule has 0 atom stereocenters. The molecule has 0 aliphatic carbocycles. The molecule has 2 N–H and O–H groups in total. The number of carbonyl (C=O) groups excluding carboxylic acids is 1. The van der Waals surface area contributed by atoms with Crippen LogP contribution in [0.25, 0.3) is 0 Å². The molecule has 2 aromatic rings. The van der Waals surface area contributed by atoms with E-state index < -0.39 is 0 Å². The number of aliphatic imine (C=N–C) groups is 2. The molecule has 1 amide bonds. The Morgan fingerprint density at radius 1 is 1.17 bits per heavy atom. The molecule has 1 heterocycles. The summed E-state index contributed by atoms with van der Waals surface area (Å²) in [4.78, 5) is 22.4. The van der Waals surface area contributed by atoms with Crippen LogP contribution in [-0.4, -0.2) is 29.3 Å². The first-order chi connectivity index (χ1) is 11.6. The molecule has 6 heteroatoms. The second kappa shape index (κ2) is 7.31. The van der Waals surface area contributed by atoms with Crippen LogP contribution >= 0.6 is 11.8 Å². The molecule has 1 aliphatic heterocycles. The van der Waals surface area contributed by atoms with Gasteiger partial charge in [-0.05, 0) is 19.1 Å². The summed E-state index contributed by atoms with van der Waals surface area (Å²) in [5, 5.41) is 0.728. The maximum Gasteiger partial charge on any atom is 0.227 e. The molecule has 0 saturated carbocycles. The van der Waals surface area contributed by atoms with Gasteiger partial charge in [0.2, 0.25) is 5.91 Å². The van der Waals surface area contributed by atoms with E-state index in [4.69, 9.17) is 5.73 Å². The van der Waals surface area contributed by atoms with E-state index in [1.54, 1.807) is 0 Å². The van der Waals surface area contributed by atoms with Crippen molar-refractivity contribution in [1.82, 2.24) is 0 Å². The highest BCUT2D eigenvalue weighted by Crippen LogP contribution is 2.23. The minimum atomic E-state index is -0.365. The minimum Gasteiger partial charge on any atom is -0.369 e. The SMILES string of the molecule is Cc1ccc(N2CN=C(c3ccccc3)N=C2SCC(N)=O)cc1. The van der Waals surface area contributed by atoms with E-state index in [2.05, 4.69) is 9.98 Å². The summed E-state index contributed by atoms with van der Waals surface area (Å²) >= 11 is 1.33. The molecule has 2 aromatic carbocycles. The fourth-order valence-electron chi connectivity index (χ4n) is 2.29. The van der Waals surface area contributed by atoms with Gasteiger partial charge in [-0.3, -0.25) is 4.79 Å². The lowest BCUT2D eigenvalue weighted by Gasteiger charge is -2.27. The summed E-state index contributed by atoms with van der Waals surface area (Å²) in [5.41, 5.74) is 8.43. The number of aryl methyl sites for hydroxylation is 1. The third kappa shape index (κ3) is 3.83. The number of primary amides is 1. The van der Waals surface area contributed by atoms with E-state index in [1.165, 1.54) is 17.3 Å². The van der Waals surface area contributed by atoms with Gasteiger partial charge in [-0.1, -0.05) is 59.8 Å². The Hall–Kier alpha value is -2.60. The Morgan fingerprint density at radius 3 is 2.54 bits per heavy atom. The molecule has 0 aromatic heterocycles. The quantitative estimate of drug-likeness (QED) is 0.932. The zero-order chi connectivity index (χ0) is 16.9. The predicted molar refractivity (Wildman–Crippen MR) is 101 cm³/mol. The van der Waals surface area contributed by atoms with Gasteiger partial charge in [0.25, 0.3) is 0 Å². The highest BCUT2D eigenvalue weighted by atomic mass is 32.2. The molecule has 1 aliphatic rings. The van der Waals surface area contributed by atoms with Crippen molar-refractivity contribution in [3.63, 3.8) is 0 Å². The molecule has 5 nitrogen and oxygen atoms in total. The van der Waals surface area contributed by atoms with Crippen molar-refractivity contribution in [2.45, 2.75) is 6.92 Å². The van der Waals surface area contributed by atoms with Gasteiger partial charge in [-0.15, -0.1) is 0 Å². The van der Waals surface area contributed by atoms with Gasteiger partial charge in [-0.25, -0.2) is 9.98 Å². The summed E-state index contributed by atoms with van der Waals surface area (Å²) in [6, 6.07) is 18.0. The maximum atomic E-state index is 11.2. The Labute approximate surface area is 145 Å². The summed E-state index contributed by atoms with van der Waals surface area (Å²) < 4.78 is 0. The normalized spacial score (nSPS) is 14.1. The van der Waals surface area contributed by atoms with Gasteiger partial charge in [0.15, 0.2) is 11.0 Å². The number of benzene rings is 2. The van der Waals surface area contributed by atoms with Gasteiger partial charge in [-0.2, -0.15) is 0 Å². The molecular formula is C18H18N4OS. The van der Waals surface area contributed by atoms with Crippen molar-refractivity contribution in [3.05, 3.63) is 65.7 Å². The summed E-state index contributed by atoms with van der Waals surface area (Å²) in [5.74, 6) is 0.491. The molecule has 0 fully saturated rings. The van der Waals surface area contributed by atoms with Crippen LogP contribution in [0.3, 0.4) is 0 Å². The fourth-order valence-corrected chi connectivity index (χ4v) is 3.03. The first-order valence-corrected chi connectivity index (χ1v) is 8.56. The second-order valence-corrected chi connectivity index (χ2v) is 6.34. The fraction of sp³-hybridized carbons (Fsp3) is 0.167. The van der Waals surface area contributed by atoms with Crippen molar-refractivity contribution in [1.29, 1.82) is 0 Å². The van der Waals surface area contributed by atoms with Crippen molar-refractivity contribution in [2.75, 3.05) is 17.3 Å². The van der Waals surface area contributed by atoms with Gasteiger partial charge < -0.3 is 10.6 Å². The highest BCUT2D eigenvalue weighted by Gasteiger charge is 2.20. The number of anilines is 1. The van der Waals surface area contributed by atoms with Gasteiger partial charge in [0.1, 0.15) is 6.67 Å². The average Bonchev–Trinajstić information content (AvgIpc) is 2.61. The van der Waals surface area contributed by atoms with Gasteiger partial charge in [0.05, 0.1) is 5.75 Å². The molecule has 0 saturated heterocycles. The molecule has 0 unspecified atom stereocenters. The van der Waals surface area contributed by atoms with E-state index in [-0.39, 0.29) is 11.7 Å². The Bertz CT molecular complexity index is 784. The molecule has 3 rings (SSSR count). The lowest BCUT2D eigenvalue weighted by molar-refractivity contribution is -0.115. The van der Waals surface area contributed by atoms with E-state index in [1.807, 2.05) is 66.4 Å². The Balaban J connectivity index is 1.90. The maximum absolute atomic E-state index is 11.2. The summed E-state index contributed by atoms with van der Waals surface area (Å²) in [6.07, 6.45) is 0. The first-order valence-electron chi connectivity index (χ1n) is 7.57. The number of amidine groups is 2. The standard InChI is InChI=1S/C18H18N4OS/c1-13-7-9-15(10-8-13)22-12-20-17(14-5-3-2-4-6-14)21-18(22)24-11-16(19)23/h2-10H,11-12H2,1H3,(H2,19,23). The van der Waals surface area contributed by atoms with Crippen LogP contribution in [-0.2, 0) is 4.79 Å². The number of carbonyl (C=O) groups is 1. The van der Waals surface area contributed by atoms with Crippen LogP contribution in [0.2, 0.25) is 0 Å². The summed E-state index contributed by atoms with van der Waals surface area (Å²) in [7, 11) is 0. The number of amides is 1. The van der Waals surface area contributed by atoms with Crippen LogP contribution < -0.4 is 10.6 Å². The van der Waals surface area contributed by atoms with E-state index in [0.29, 0.717) is 12.5 Å². The number of nitrogens with zero attached hydrogens (tertiary/aromatic N) is 3. The zero-order valence-electron chi connectivity index (χ0n) is 13.3. The number of hydrogen-bond acceptors (Lipinski definition) is 5. The highest BCUT2D eigenvalue weighted by molar-refractivity contribution is 8.14. The van der Waals surface area contributed by atoms with Crippen molar-refractivity contribution >= 4 is 34.4 Å². The monoisotopic (exact) mass is 338 g/mol. The van der Waals surface area contributed by atoms with Crippen LogP contribution in [0.15, 0.2) is 64.6 Å².